The molecule has 0 radical (unpaired) electrons. The lowest BCUT2D eigenvalue weighted by Gasteiger charge is -2.39. The first-order valence-corrected chi connectivity index (χ1v) is 13.1. The summed E-state index contributed by atoms with van der Waals surface area (Å²) < 4.78 is 20.6. The minimum atomic E-state index is -0.323. The SMILES string of the molecule is COCCN1CC(c2ccc(NC(=O)c3csc(-c4c(-c5ccc(F)cc5)ncn4C(C)C)n3)nc2)C1. The first-order chi connectivity index (χ1) is 17.9. The molecular formula is C27H29FN6O2S. The standard InChI is InChI=1S/C27H29FN6O2S/c1-17(2)34-16-30-24(18-4-7-21(28)8-5-18)25(34)27-31-22(15-37-27)26(35)32-23-9-6-19(12-29-23)20-13-33(14-20)10-11-36-3/h4-9,12,15-17,20H,10-11,13-14H2,1-3H3,(H,29,32,35). The number of carbonyl (C=O) groups excluding carboxylic acids is 1. The van der Waals surface area contributed by atoms with Gasteiger partial charge in [0.05, 0.1) is 18.6 Å². The van der Waals surface area contributed by atoms with Crippen molar-refractivity contribution < 1.29 is 13.9 Å². The van der Waals surface area contributed by atoms with Gasteiger partial charge in [-0.2, -0.15) is 0 Å². The van der Waals surface area contributed by atoms with Crippen LogP contribution >= 0.6 is 11.3 Å². The lowest BCUT2D eigenvalue weighted by molar-refractivity contribution is 0.0942. The number of rotatable bonds is 9. The van der Waals surface area contributed by atoms with E-state index in [1.807, 2.05) is 22.9 Å². The van der Waals surface area contributed by atoms with E-state index in [2.05, 4.69) is 39.0 Å². The highest BCUT2D eigenvalue weighted by Crippen LogP contribution is 2.35. The maximum absolute atomic E-state index is 13.5. The number of nitrogens with one attached hydrogen (secondary N) is 1. The lowest BCUT2D eigenvalue weighted by atomic mass is 9.93. The number of anilines is 1. The molecule has 0 bridgehead atoms. The molecule has 10 heteroatoms. The second-order valence-corrected chi connectivity index (χ2v) is 10.2. The normalized spacial score (nSPS) is 14.2. The monoisotopic (exact) mass is 520 g/mol. The topological polar surface area (TPSA) is 85.2 Å². The van der Waals surface area contributed by atoms with Crippen molar-refractivity contribution in [3.63, 3.8) is 0 Å². The van der Waals surface area contributed by atoms with E-state index in [1.54, 1.807) is 30.9 Å². The van der Waals surface area contributed by atoms with Gasteiger partial charge < -0.3 is 14.6 Å². The van der Waals surface area contributed by atoms with Gasteiger partial charge in [0.25, 0.3) is 5.91 Å². The van der Waals surface area contributed by atoms with Gasteiger partial charge in [-0.15, -0.1) is 11.3 Å². The molecule has 192 valence electrons. The lowest BCUT2D eigenvalue weighted by Crippen LogP contribution is -2.46. The Hall–Kier alpha value is -3.47. The summed E-state index contributed by atoms with van der Waals surface area (Å²) in [6, 6.07) is 10.2. The molecule has 1 aliphatic rings. The zero-order chi connectivity index (χ0) is 25.9. The number of amides is 1. The Labute approximate surface area is 219 Å². The molecule has 3 aromatic heterocycles. The molecule has 4 heterocycles. The van der Waals surface area contributed by atoms with Crippen LogP contribution in [0.3, 0.4) is 0 Å². The van der Waals surface area contributed by atoms with Crippen LogP contribution in [0.2, 0.25) is 0 Å². The molecule has 8 nitrogen and oxygen atoms in total. The largest absolute Gasteiger partial charge is 0.383 e. The molecule has 0 aliphatic carbocycles. The van der Waals surface area contributed by atoms with Crippen molar-refractivity contribution in [2.75, 3.05) is 38.7 Å². The van der Waals surface area contributed by atoms with Gasteiger partial charge >= 0.3 is 0 Å². The van der Waals surface area contributed by atoms with Gasteiger partial charge in [0.2, 0.25) is 0 Å². The molecule has 1 N–H and O–H groups in total. The molecule has 0 saturated carbocycles. The van der Waals surface area contributed by atoms with E-state index in [-0.39, 0.29) is 17.8 Å². The van der Waals surface area contributed by atoms with Gasteiger partial charge in [0, 0.05) is 55.8 Å². The van der Waals surface area contributed by atoms with Crippen molar-refractivity contribution in [1.29, 1.82) is 0 Å². The Kier molecular flexibility index (Phi) is 7.40. The van der Waals surface area contributed by atoms with Crippen LogP contribution in [0, 0.1) is 5.82 Å². The molecular weight excluding hydrogens is 491 g/mol. The van der Waals surface area contributed by atoms with Crippen LogP contribution in [-0.4, -0.2) is 63.7 Å². The van der Waals surface area contributed by atoms with Crippen LogP contribution in [0.25, 0.3) is 22.0 Å². The second kappa shape index (κ2) is 10.9. The summed E-state index contributed by atoms with van der Waals surface area (Å²) in [4.78, 5) is 28.9. The molecule has 1 fully saturated rings. The molecule has 1 aromatic carbocycles. The van der Waals surface area contributed by atoms with Crippen LogP contribution in [0.15, 0.2) is 54.3 Å². The maximum Gasteiger partial charge on any atom is 0.276 e. The fourth-order valence-electron chi connectivity index (χ4n) is 4.35. The van der Waals surface area contributed by atoms with Gasteiger partial charge in [0.15, 0.2) is 0 Å². The highest BCUT2D eigenvalue weighted by Gasteiger charge is 2.28. The number of carbonyl (C=O) groups is 1. The molecule has 1 amide bonds. The average molecular weight is 521 g/mol. The zero-order valence-electron chi connectivity index (χ0n) is 21.0. The Balaban J connectivity index is 1.29. The van der Waals surface area contributed by atoms with Crippen LogP contribution in [0.5, 0.6) is 0 Å². The number of ether oxygens (including phenoxy) is 1. The third-order valence-corrected chi connectivity index (χ3v) is 7.32. The summed E-state index contributed by atoms with van der Waals surface area (Å²) in [6.45, 7) is 7.76. The quantitative estimate of drug-likeness (QED) is 0.331. The van der Waals surface area contributed by atoms with Crippen LogP contribution in [0.4, 0.5) is 10.2 Å². The highest BCUT2D eigenvalue weighted by atomic mass is 32.1. The first kappa shape index (κ1) is 25.2. The van der Waals surface area contributed by atoms with Crippen molar-refractivity contribution >= 4 is 23.1 Å². The fraction of sp³-hybridized carbons (Fsp3) is 0.333. The maximum atomic E-state index is 13.5. The molecule has 0 atom stereocenters. The summed E-state index contributed by atoms with van der Waals surface area (Å²) in [5.74, 6) is 0.311. The first-order valence-electron chi connectivity index (χ1n) is 12.2. The van der Waals surface area contributed by atoms with Crippen LogP contribution < -0.4 is 5.32 Å². The fourth-order valence-corrected chi connectivity index (χ4v) is 5.20. The number of pyridine rings is 1. The Bertz CT molecular complexity index is 1360. The third-order valence-electron chi connectivity index (χ3n) is 6.48. The van der Waals surface area contributed by atoms with Gasteiger partial charge in [-0.3, -0.25) is 9.69 Å². The summed E-state index contributed by atoms with van der Waals surface area (Å²) in [6.07, 6.45) is 3.58. The second-order valence-electron chi connectivity index (χ2n) is 9.37. The number of halogens is 1. The molecule has 5 rings (SSSR count). The van der Waals surface area contributed by atoms with E-state index in [9.17, 15) is 9.18 Å². The number of likely N-dealkylation sites (tertiary alicyclic amines) is 1. The van der Waals surface area contributed by atoms with Crippen molar-refractivity contribution in [2.45, 2.75) is 25.8 Å². The van der Waals surface area contributed by atoms with E-state index in [1.165, 1.54) is 23.5 Å². The summed E-state index contributed by atoms with van der Waals surface area (Å²) >= 11 is 1.37. The average Bonchev–Trinajstić information content (AvgIpc) is 3.52. The van der Waals surface area contributed by atoms with Gasteiger partial charge in [-0.1, -0.05) is 6.07 Å². The molecule has 0 unspecified atom stereocenters. The number of hydrogen-bond acceptors (Lipinski definition) is 7. The van der Waals surface area contributed by atoms with E-state index >= 15 is 0 Å². The van der Waals surface area contributed by atoms with Crippen LogP contribution in [-0.2, 0) is 4.74 Å². The van der Waals surface area contributed by atoms with Crippen molar-refractivity contribution in [3.05, 3.63) is 71.4 Å². The van der Waals surface area contributed by atoms with Gasteiger partial charge in [0.1, 0.15) is 28.0 Å². The Morgan fingerprint density at radius 2 is 1.97 bits per heavy atom. The molecule has 1 saturated heterocycles. The number of thiazole rings is 1. The molecule has 1 aliphatic heterocycles. The number of methoxy groups -OCH3 is 1. The minimum Gasteiger partial charge on any atom is -0.383 e. The van der Waals surface area contributed by atoms with Crippen LogP contribution in [0.1, 0.15) is 41.9 Å². The van der Waals surface area contributed by atoms with E-state index in [0.29, 0.717) is 28.1 Å². The highest BCUT2D eigenvalue weighted by molar-refractivity contribution is 7.13. The summed E-state index contributed by atoms with van der Waals surface area (Å²) in [5, 5.41) is 5.25. The third kappa shape index (κ3) is 5.46. The van der Waals surface area contributed by atoms with Crippen molar-refractivity contribution in [2.24, 2.45) is 0 Å². The number of nitrogens with zero attached hydrogens (tertiary/aromatic N) is 5. The summed E-state index contributed by atoms with van der Waals surface area (Å²) in [7, 11) is 1.71. The van der Waals surface area contributed by atoms with Crippen molar-refractivity contribution in [1.82, 2.24) is 24.4 Å². The number of hydrogen-bond donors (Lipinski definition) is 1. The molecule has 0 spiro atoms. The number of imidazole rings is 1. The Morgan fingerprint density at radius 1 is 1.19 bits per heavy atom. The van der Waals surface area contributed by atoms with E-state index in [4.69, 9.17) is 4.74 Å². The van der Waals surface area contributed by atoms with E-state index in [0.717, 1.165) is 43.1 Å². The Morgan fingerprint density at radius 3 is 2.65 bits per heavy atom. The zero-order valence-corrected chi connectivity index (χ0v) is 21.8. The van der Waals surface area contributed by atoms with E-state index < -0.39 is 0 Å². The predicted octanol–water partition coefficient (Wildman–Crippen LogP) is 5.09. The molecule has 37 heavy (non-hydrogen) atoms. The summed E-state index contributed by atoms with van der Waals surface area (Å²) in [5.41, 5.74) is 3.75. The molecule has 4 aromatic rings. The minimum absolute atomic E-state index is 0.128. The number of aromatic nitrogens is 4. The van der Waals surface area contributed by atoms with Crippen molar-refractivity contribution in [3.8, 4) is 22.0 Å². The number of benzene rings is 1. The predicted molar refractivity (Wildman–Crippen MR) is 142 cm³/mol. The van der Waals surface area contributed by atoms with Gasteiger partial charge in [-0.05, 0) is 49.7 Å². The smallest absolute Gasteiger partial charge is 0.276 e. The van der Waals surface area contributed by atoms with Gasteiger partial charge in [-0.25, -0.2) is 19.3 Å².